The Kier molecular flexibility index (Phi) is 3.62. The van der Waals surface area contributed by atoms with Gasteiger partial charge in [-0.25, -0.2) is 4.98 Å². The van der Waals surface area contributed by atoms with Gasteiger partial charge in [-0.1, -0.05) is 0 Å². The topological polar surface area (TPSA) is 46.3 Å². The van der Waals surface area contributed by atoms with Crippen LogP contribution in [-0.4, -0.2) is 34.8 Å². The normalized spacial score (nSPS) is 18.8. The molecule has 0 saturated carbocycles. The van der Waals surface area contributed by atoms with Crippen LogP contribution in [0.1, 0.15) is 56.0 Å². The lowest BCUT2D eigenvalue weighted by Gasteiger charge is -2.33. The molecule has 1 aliphatic rings. The molecule has 0 bridgehead atoms. The summed E-state index contributed by atoms with van der Waals surface area (Å²) in [6.45, 7) is 8.12. The Balaban J connectivity index is 1.98. The molecule has 2 rings (SSSR count). The van der Waals surface area contributed by atoms with Crippen molar-refractivity contribution in [2.75, 3.05) is 13.1 Å². The summed E-state index contributed by atoms with van der Waals surface area (Å²) < 4.78 is 5.50. The van der Waals surface area contributed by atoms with Gasteiger partial charge in [0.25, 0.3) is 0 Å². The molecule has 0 amide bonds. The minimum atomic E-state index is -0.0524. The monoisotopic (exact) mass is 236 g/mol. The molecule has 0 radical (unpaired) electrons. The first kappa shape index (κ1) is 12.3. The second-order valence-electron chi connectivity index (χ2n) is 5.02. The van der Waals surface area contributed by atoms with Gasteiger partial charge in [-0.2, -0.15) is 0 Å². The van der Waals surface area contributed by atoms with E-state index in [9.17, 15) is 4.79 Å². The van der Waals surface area contributed by atoms with Crippen LogP contribution in [0, 0.1) is 0 Å². The minimum Gasteiger partial charge on any atom is -0.437 e. The minimum absolute atomic E-state index is 0.0524. The van der Waals surface area contributed by atoms with E-state index >= 15 is 0 Å². The molecule has 0 unspecified atom stereocenters. The largest absolute Gasteiger partial charge is 0.437 e. The maximum atomic E-state index is 11.1. The molecule has 0 aliphatic carbocycles. The van der Waals surface area contributed by atoms with Crippen LogP contribution in [0.2, 0.25) is 0 Å². The van der Waals surface area contributed by atoms with Crippen LogP contribution in [0.4, 0.5) is 0 Å². The first-order chi connectivity index (χ1) is 8.08. The van der Waals surface area contributed by atoms with Gasteiger partial charge < -0.3 is 9.32 Å². The summed E-state index contributed by atoms with van der Waals surface area (Å²) in [5.41, 5.74) is 0. The van der Waals surface area contributed by atoms with Crippen molar-refractivity contribution in [3.63, 3.8) is 0 Å². The lowest BCUT2D eigenvalue weighted by Crippen LogP contribution is -2.37. The molecule has 4 heteroatoms. The van der Waals surface area contributed by atoms with Crippen LogP contribution in [0.5, 0.6) is 0 Å². The van der Waals surface area contributed by atoms with Crippen molar-refractivity contribution in [2.45, 2.75) is 45.6 Å². The number of rotatable bonds is 3. The van der Waals surface area contributed by atoms with E-state index in [1.165, 1.54) is 6.92 Å². The molecule has 4 nitrogen and oxygen atoms in total. The van der Waals surface area contributed by atoms with E-state index in [0.29, 0.717) is 17.7 Å². The van der Waals surface area contributed by atoms with Crippen LogP contribution in [0.15, 0.2) is 10.6 Å². The Morgan fingerprint density at radius 3 is 2.59 bits per heavy atom. The van der Waals surface area contributed by atoms with Crippen LogP contribution in [0.3, 0.4) is 0 Å². The van der Waals surface area contributed by atoms with E-state index in [0.717, 1.165) is 31.8 Å². The highest BCUT2D eigenvalue weighted by Gasteiger charge is 2.25. The predicted octanol–water partition coefficient (Wildman–Crippen LogP) is 2.47. The van der Waals surface area contributed by atoms with Gasteiger partial charge in [-0.05, 0) is 39.8 Å². The van der Waals surface area contributed by atoms with Gasteiger partial charge in [0.2, 0.25) is 0 Å². The van der Waals surface area contributed by atoms with Crippen LogP contribution in [-0.2, 0) is 0 Å². The van der Waals surface area contributed by atoms with Crippen LogP contribution < -0.4 is 0 Å². The van der Waals surface area contributed by atoms with Crippen molar-refractivity contribution in [2.24, 2.45) is 0 Å². The summed E-state index contributed by atoms with van der Waals surface area (Å²) in [6.07, 6.45) is 3.68. The maximum absolute atomic E-state index is 11.1. The Hall–Kier alpha value is -1.16. The molecule has 17 heavy (non-hydrogen) atoms. The number of Topliss-reactive ketones (excluding diaryl/α,β-unsaturated/α-hetero) is 1. The highest BCUT2D eigenvalue weighted by molar-refractivity contribution is 5.90. The number of oxazole rings is 1. The summed E-state index contributed by atoms with van der Waals surface area (Å²) in [5, 5.41) is 0. The van der Waals surface area contributed by atoms with Crippen molar-refractivity contribution < 1.29 is 9.21 Å². The van der Waals surface area contributed by atoms with Gasteiger partial charge >= 0.3 is 0 Å². The second kappa shape index (κ2) is 5.00. The van der Waals surface area contributed by atoms with Crippen molar-refractivity contribution in [3.05, 3.63) is 17.8 Å². The standard InChI is InChI=1S/C13H20N2O2/c1-9(2)15-6-4-11(5-7-15)13-14-8-12(17-13)10(3)16/h8-9,11H,4-7H2,1-3H3. The zero-order valence-corrected chi connectivity index (χ0v) is 10.8. The highest BCUT2D eigenvalue weighted by atomic mass is 16.4. The summed E-state index contributed by atoms with van der Waals surface area (Å²) in [7, 11) is 0. The molecule has 1 aliphatic heterocycles. The summed E-state index contributed by atoms with van der Waals surface area (Å²) >= 11 is 0. The molecule has 0 N–H and O–H groups in total. The van der Waals surface area contributed by atoms with E-state index in [-0.39, 0.29) is 5.78 Å². The number of nitrogens with zero attached hydrogens (tertiary/aromatic N) is 2. The number of carbonyl (C=O) groups excluding carboxylic acids is 1. The van der Waals surface area contributed by atoms with Crippen molar-refractivity contribution >= 4 is 5.78 Å². The number of likely N-dealkylation sites (tertiary alicyclic amines) is 1. The van der Waals surface area contributed by atoms with E-state index < -0.39 is 0 Å². The van der Waals surface area contributed by atoms with E-state index in [1.807, 2.05) is 0 Å². The maximum Gasteiger partial charge on any atom is 0.198 e. The average Bonchev–Trinajstić information content (AvgIpc) is 2.78. The molecule has 0 atom stereocenters. The molecule has 1 aromatic rings. The first-order valence-corrected chi connectivity index (χ1v) is 6.28. The van der Waals surface area contributed by atoms with E-state index in [2.05, 4.69) is 23.7 Å². The molecule has 1 fully saturated rings. The third-order valence-corrected chi connectivity index (χ3v) is 3.48. The highest BCUT2D eigenvalue weighted by Crippen LogP contribution is 2.28. The van der Waals surface area contributed by atoms with Gasteiger partial charge in [0, 0.05) is 18.9 Å². The molecular weight excluding hydrogens is 216 g/mol. The quantitative estimate of drug-likeness (QED) is 0.756. The Bertz CT molecular complexity index is 390. The molecular formula is C13H20N2O2. The molecule has 2 heterocycles. The van der Waals surface area contributed by atoms with Gasteiger partial charge in [0.05, 0.1) is 6.20 Å². The average molecular weight is 236 g/mol. The van der Waals surface area contributed by atoms with Crippen molar-refractivity contribution in [1.82, 2.24) is 9.88 Å². The van der Waals surface area contributed by atoms with Crippen LogP contribution in [0.25, 0.3) is 0 Å². The number of piperidine rings is 1. The lowest BCUT2D eigenvalue weighted by atomic mass is 9.96. The lowest BCUT2D eigenvalue weighted by molar-refractivity contribution is 0.0982. The van der Waals surface area contributed by atoms with Crippen molar-refractivity contribution in [3.8, 4) is 0 Å². The fraction of sp³-hybridized carbons (Fsp3) is 0.692. The Morgan fingerprint density at radius 1 is 1.47 bits per heavy atom. The number of aromatic nitrogens is 1. The van der Waals surface area contributed by atoms with Gasteiger partial charge in [0.1, 0.15) is 0 Å². The fourth-order valence-electron chi connectivity index (χ4n) is 2.30. The SMILES string of the molecule is CC(=O)c1cnc(C2CCN(C(C)C)CC2)o1. The summed E-state index contributed by atoms with van der Waals surface area (Å²) in [6, 6.07) is 0.605. The Morgan fingerprint density at radius 2 is 2.12 bits per heavy atom. The number of hydrogen-bond donors (Lipinski definition) is 0. The van der Waals surface area contributed by atoms with E-state index in [1.54, 1.807) is 6.20 Å². The van der Waals surface area contributed by atoms with Gasteiger partial charge in [0.15, 0.2) is 17.4 Å². The molecule has 94 valence electrons. The molecule has 0 aromatic carbocycles. The summed E-state index contributed by atoms with van der Waals surface area (Å²) in [5.74, 6) is 1.44. The molecule has 0 spiro atoms. The molecule has 1 saturated heterocycles. The molecule has 1 aromatic heterocycles. The summed E-state index contributed by atoms with van der Waals surface area (Å²) in [4.78, 5) is 17.8. The van der Waals surface area contributed by atoms with E-state index in [4.69, 9.17) is 4.42 Å². The third-order valence-electron chi connectivity index (χ3n) is 3.48. The first-order valence-electron chi connectivity index (χ1n) is 6.28. The van der Waals surface area contributed by atoms with Crippen LogP contribution >= 0.6 is 0 Å². The van der Waals surface area contributed by atoms with Crippen molar-refractivity contribution in [1.29, 1.82) is 0 Å². The number of carbonyl (C=O) groups is 1. The smallest absolute Gasteiger partial charge is 0.198 e. The second-order valence-corrected chi connectivity index (χ2v) is 5.02. The zero-order chi connectivity index (χ0) is 12.4. The number of hydrogen-bond acceptors (Lipinski definition) is 4. The zero-order valence-electron chi connectivity index (χ0n) is 10.8. The third kappa shape index (κ3) is 2.75. The fourth-order valence-corrected chi connectivity index (χ4v) is 2.30. The Labute approximate surface area is 102 Å². The predicted molar refractivity (Wildman–Crippen MR) is 65.2 cm³/mol. The van der Waals surface area contributed by atoms with Gasteiger partial charge in [-0.3, -0.25) is 4.79 Å². The van der Waals surface area contributed by atoms with Gasteiger partial charge in [-0.15, -0.1) is 0 Å². The number of ketones is 1.